The van der Waals surface area contributed by atoms with Gasteiger partial charge < -0.3 is 10.5 Å². The van der Waals surface area contributed by atoms with Gasteiger partial charge in [-0.3, -0.25) is 5.01 Å². The van der Waals surface area contributed by atoms with Crippen LogP contribution in [-0.4, -0.2) is 24.3 Å². The third kappa shape index (κ3) is 3.12. The van der Waals surface area contributed by atoms with E-state index in [1.165, 1.54) is 0 Å². The second kappa shape index (κ2) is 5.19. The van der Waals surface area contributed by atoms with E-state index in [2.05, 4.69) is 31.9 Å². The molecule has 4 N–H and O–H groups in total. The second-order valence-corrected chi connectivity index (χ2v) is 4.50. The Kier molecular flexibility index (Phi) is 4.51. The van der Waals surface area contributed by atoms with Crippen molar-refractivity contribution >= 4 is 31.9 Å². The number of hydrazine groups is 1. The van der Waals surface area contributed by atoms with Gasteiger partial charge in [-0.15, -0.1) is 0 Å². The Morgan fingerprint density at radius 1 is 1.31 bits per heavy atom. The van der Waals surface area contributed by atoms with Crippen molar-refractivity contribution in [1.82, 2.24) is 5.01 Å². The van der Waals surface area contributed by atoms with Crippen molar-refractivity contribution in [1.29, 1.82) is 0 Å². The minimum absolute atomic E-state index is 0.305. The Balaban J connectivity index is 2.55. The Morgan fingerprint density at radius 3 is 2.31 bits per heavy atom. The van der Waals surface area contributed by atoms with Crippen LogP contribution in [-0.2, 0) is 4.74 Å². The molecule has 0 atom stereocenters. The van der Waals surface area contributed by atoms with E-state index in [-0.39, 0.29) is 0 Å². The largest absolute Gasteiger partial charge is 0.391 e. The summed E-state index contributed by atoms with van der Waals surface area (Å²) in [6.45, 7) is 1.53. The van der Waals surface area contributed by atoms with Crippen molar-refractivity contribution in [3.8, 4) is 0 Å². The van der Waals surface area contributed by atoms with Crippen LogP contribution in [0.3, 0.4) is 0 Å². The summed E-state index contributed by atoms with van der Waals surface area (Å²) in [6, 6.07) is 0.305. The molecule has 0 saturated carbocycles. The standard InChI is InChI=1S/C7H13Br2N3O/c8-6(10)7(9)12(11)5-1-3-13-4-2-5/h5H,1-4,10-11H2/b7-6-. The van der Waals surface area contributed by atoms with Crippen LogP contribution in [0.1, 0.15) is 12.8 Å². The molecule has 1 saturated heterocycles. The van der Waals surface area contributed by atoms with Crippen LogP contribution in [0.25, 0.3) is 0 Å². The first kappa shape index (κ1) is 11.3. The highest BCUT2D eigenvalue weighted by atomic mass is 79.9. The van der Waals surface area contributed by atoms with Crippen molar-refractivity contribution < 1.29 is 4.74 Å². The monoisotopic (exact) mass is 313 g/mol. The SMILES string of the molecule is N/C(Br)=C(/Br)N(N)C1CCOCC1. The average molecular weight is 315 g/mol. The Bertz CT molecular complexity index is 200. The second-order valence-electron chi connectivity index (χ2n) is 2.89. The number of halogens is 2. The molecular formula is C7H13Br2N3O. The maximum atomic E-state index is 5.86. The molecular weight excluding hydrogens is 302 g/mol. The molecule has 0 aromatic carbocycles. The van der Waals surface area contributed by atoms with Gasteiger partial charge in [0.25, 0.3) is 0 Å². The van der Waals surface area contributed by atoms with Crippen molar-refractivity contribution in [2.75, 3.05) is 13.2 Å². The lowest BCUT2D eigenvalue weighted by molar-refractivity contribution is 0.0483. The molecule has 4 nitrogen and oxygen atoms in total. The summed E-state index contributed by atoms with van der Waals surface area (Å²) in [5.41, 5.74) is 5.54. The van der Waals surface area contributed by atoms with Crippen molar-refractivity contribution in [3.05, 3.63) is 9.21 Å². The van der Waals surface area contributed by atoms with Gasteiger partial charge in [0.05, 0.1) is 6.04 Å². The van der Waals surface area contributed by atoms with E-state index in [1.54, 1.807) is 5.01 Å². The molecule has 0 bridgehead atoms. The van der Waals surface area contributed by atoms with Crippen LogP contribution < -0.4 is 11.6 Å². The first-order valence-corrected chi connectivity index (χ1v) is 5.64. The predicted molar refractivity (Wildman–Crippen MR) is 58.9 cm³/mol. The van der Waals surface area contributed by atoms with Crippen LogP contribution in [0.2, 0.25) is 0 Å². The van der Waals surface area contributed by atoms with E-state index in [0.29, 0.717) is 15.3 Å². The van der Waals surface area contributed by atoms with Gasteiger partial charge in [-0.25, -0.2) is 5.84 Å². The summed E-state index contributed by atoms with van der Waals surface area (Å²) in [6.07, 6.45) is 1.87. The lowest BCUT2D eigenvalue weighted by atomic mass is 10.1. The molecule has 0 amide bonds. The van der Waals surface area contributed by atoms with Gasteiger partial charge in [0.1, 0.15) is 9.21 Å². The normalized spacial score (nSPS) is 21.2. The molecule has 76 valence electrons. The first-order chi connectivity index (χ1) is 6.13. The van der Waals surface area contributed by atoms with Gasteiger partial charge >= 0.3 is 0 Å². The fourth-order valence-corrected chi connectivity index (χ4v) is 1.74. The summed E-state index contributed by atoms with van der Waals surface area (Å²) in [4.78, 5) is 0. The van der Waals surface area contributed by atoms with Crippen molar-refractivity contribution in [2.45, 2.75) is 18.9 Å². The van der Waals surface area contributed by atoms with E-state index >= 15 is 0 Å². The fraction of sp³-hybridized carbons (Fsp3) is 0.714. The van der Waals surface area contributed by atoms with Gasteiger partial charge in [-0.05, 0) is 44.7 Å². The summed E-state index contributed by atoms with van der Waals surface area (Å²) in [7, 11) is 0. The molecule has 1 rings (SSSR count). The van der Waals surface area contributed by atoms with E-state index < -0.39 is 0 Å². The molecule has 0 aliphatic carbocycles. The molecule has 0 radical (unpaired) electrons. The third-order valence-electron chi connectivity index (χ3n) is 2.01. The van der Waals surface area contributed by atoms with Crippen LogP contribution in [0.5, 0.6) is 0 Å². The predicted octanol–water partition coefficient (Wildman–Crippen LogP) is 1.22. The lowest BCUT2D eigenvalue weighted by Gasteiger charge is -2.31. The highest BCUT2D eigenvalue weighted by Crippen LogP contribution is 2.22. The molecule has 6 heteroatoms. The van der Waals surface area contributed by atoms with Gasteiger partial charge in [-0.1, -0.05) is 0 Å². The molecule has 1 fully saturated rings. The molecule has 0 aromatic heterocycles. The number of rotatable bonds is 2. The molecule has 0 unspecified atom stereocenters. The lowest BCUT2D eigenvalue weighted by Crippen LogP contribution is -2.42. The zero-order valence-electron chi connectivity index (χ0n) is 7.17. The molecule has 0 spiro atoms. The molecule has 1 heterocycles. The minimum atomic E-state index is 0.305. The summed E-state index contributed by atoms with van der Waals surface area (Å²) < 4.78 is 6.44. The van der Waals surface area contributed by atoms with Gasteiger partial charge in [0.15, 0.2) is 0 Å². The zero-order valence-corrected chi connectivity index (χ0v) is 10.3. The number of ether oxygens (including phenoxy) is 1. The van der Waals surface area contributed by atoms with Crippen molar-refractivity contribution in [3.63, 3.8) is 0 Å². The summed E-state index contributed by atoms with van der Waals surface area (Å²) in [5.74, 6) is 5.86. The molecule has 0 aromatic rings. The van der Waals surface area contributed by atoms with Crippen LogP contribution in [0.15, 0.2) is 9.21 Å². The number of nitrogens with two attached hydrogens (primary N) is 2. The van der Waals surface area contributed by atoms with Gasteiger partial charge in [0, 0.05) is 13.2 Å². The third-order valence-corrected chi connectivity index (χ3v) is 3.75. The Hall–Kier alpha value is 0.220. The minimum Gasteiger partial charge on any atom is -0.391 e. The number of nitrogens with zero attached hydrogens (tertiary/aromatic N) is 1. The van der Waals surface area contributed by atoms with E-state index in [9.17, 15) is 0 Å². The van der Waals surface area contributed by atoms with Crippen LogP contribution >= 0.6 is 31.9 Å². The Labute approximate surface area is 94.5 Å². The highest BCUT2D eigenvalue weighted by Gasteiger charge is 2.20. The quantitative estimate of drug-likeness (QED) is 0.457. The van der Waals surface area contributed by atoms with Crippen molar-refractivity contribution in [2.24, 2.45) is 11.6 Å². The number of hydrogen-bond donors (Lipinski definition) is 2. The molecule has 1 aliphatic heterocycles. The maximum Gasteiger partial charge on any atom is 0.125 e. The van der Waals surface area contributed by atoms with E-state index in [0.717, 1.165) is 26.1 Å². The van der Waals surface area contributed by atoms with Gasteiger partial charge in [0.2, 0.25) is 0 Å². The summed E-state index contributed by atoms with van der Waals surface area (Å²) >= 11 is 6.48. The molecule has 1 aliphatic rings. The average Bonchev–Trinajstić information content (AvgIpc) is 2.17. The summed E-state index contributed by atoms with van der Waals surface area (Å²) in [5, 5.41) is 1.65. The Morgan fingerprint density at radius 2 is 1.85 bits per heavy atom. The van der Waals surface area contributed by atoms with Gasteiger partial charge in [-0.2, -0.15) is 0 Å². The number of hydrogen-bond acceptors (Lipinski definition) is 4. The van der Waals surface area contributed by atoms with Crippen LogP contribution in [0.4, 0.5) is 0 Å². The molecule has 13 heavy (non-hydrogen) atoms. The van der Waals surface area contributed by atoms with E-state index in [4.69, 9.17) is 16.3 Å². The first-order valence-electron chi connectivity index (χ1n) is 4.05. The topological polar surface area (TPSA) is 64.5 Å². The van der Waals surface area contributed by atoms with E-state index in [1.807, 2.05) is 0 Å². The zero-order chi connectivity index (χ0) is 9.84. The van der Waals surface area contributed by atoms with Crippen LogP contribution in [0, 0.1) is 0 Å². The highest BCUT2D eigenvalue weighted by molar-refractivity contribution is 9.14. The fourth-order valence-electron chi connectivity index (χ4n) is 1.25. The maximum absolute atomic E-state index is 5.86. The smallest absolute Gasteiger partial charge is 0.125 e.